The summed E-state index contributed by atoms with van der Waals surface area (Å²) in [5, 5.41) is 0.601. The number of piperidine rings is 1. The zero-order chi connectivity index (χ0) is 20.2. The standard InChI is InChI=1S/C23H24ClN3O2/c24-19-7-5-18(6-8-19)22(28)9-10-23(29)26-13-11-17(12-14-26)15-27-16-25-20-3-1-2-4-21(20)27/h1-8,16-17H,9-15H2. The smallest absolute Gasteiger partial charge is 0.223 e. The summed E-state index contributed by atoms with van der Waals surface area (Å²) in [5.41, 5.74) is 2.78. The summed E-state index contributed by atoms with van der Waals surface area (Å²) in [6.07, 6.45) is 4.36. The Kier molecular flexibility index (Phi) is 5.95. The molecule has 5 nitrogen and oxygen atoms in total. The molecule has 0 spiro atoms. The Labute approximate surface area is 175 Å². The number of aromatic nitrogens is 2. The van der Waals surface area contributed by atoms with Gasteiger partial charge in [-0.05, 0) is 55.2 Å². The normalized spacial score (nSPS) is 15.0. The summed E-state index contributed by atoms with van der Waals surface area (Å²) in [6.45, 7) is 2.44. The first-order valence-electron chi connectivity index (χ1n) is 10.1. The lowest BCUT2D eigenvalue weighted by atomic mass is 9.96. The number of ketones is 1. The third kappa shape index (κ3) is 4.67. The van der Waals surface area contributed by atoms with Crippen LogP contribution in [0.2, 0.25) is 5.02 Å². The fraction of sp³-hybridized carbons (Fsp3) is 0.348. The molecule has 29 heavy (non-hydrogen) atoms. The molecule has 0 unspecified atom stereocenters. The molecule has 0 saturated carbocycles. The molecule has 1 aromatic heterocycles. The largest absolute Gasteiger partial charge is 0.343 e. The van der Waals surface area contributed by atoms with E-state index in [0.29, 0.717) is 16.5 Å². The van der Waals surface area contributed by atoms with E-state index in [2.05, 4.69) is 15.6 Å². The van der Waals surface area contributed by atoms with Crippen molar-refractivity contribution in [2.45, 2.75) is 32.2 Å². The van der Waals surface area contributed by atoms with Crippen LogP contribution in [0.5, 0.6) is 0 Å². The molecular weight excluding hydrogens is 386 g/mol. The number of carbonyl (C=O) groups is 2. The SMILES string of the molecule is O=C(CCC(=O)N1CCC(Cn2cnc3ccccc32)CC1)c1ccc(Cl)cc1. The molecule has 0 N–H and O–H groups in total. The van der Waals surface area contributed by atoms with Gasteiger partial charge in [0.2, 0.25) is 5.91 Å². The molecule has 150 valence electrons. The number of halogens is 1. The van der Waals surface area contributed by atoms with E-state index in [1.165, 1.54) is 0 Å². The van der Waals surface area contributed by atoms with Crippen LogP contribution in [0, 0.1) is 5.92 Å². The van der Waals surface area contributed by atoms with Crippen molar-refractivity contribution in [3.8, 4) is 0 Å². The number of imidazole rings is 1. The third-order valence-corrected chi connectivity index (χ3v) is 5.93. The molecule has 2 aromatic carbocycles. The second kappa shape index (κ2) is 8.78. The van der Waals surface area contributed by atoms with Gasteiger partial charge in [-0.3, -0.25) is 9.59 Å². The highest BCUT2D eigenvalue weighted by atomic mass is 35.5. The van der Waals surface area contributed by atoms with Gasteiger partial charge in [0.15, 0.2) is 5.78 Å². The second-order valence-corrected chi connectivity index (χ2v) is 8.08. The van der Waals surface area contributed by atoms with Gasteiger partial charge >= 0.3 is 0 Å². The number of nitrogens with zero attached hydrogens (tertiary/aromatic N) is 3. The van der Waals surface area contributed by atoms with Crippen molar-refractivity contribution in [2.24, 2.45) is 5.92 Å². The summed E-state index contributed by atoms with van der Waals surface area (Å²) >= 11 is 5.85. The number of fused-ring (bicyclic) bond motifs is 1. The van der Waals surface area contributed by atoms with Crippen molar-refractivity contribution in [3.05, 3.63) is 65.4 Å². The van der Waals surface area contributed by atoms with Gasteiger partial charge in [-0.1, -0.05) is 23.7 Å². The molecule has 0 radical (unpaired) electrons. The number of para-hydroxylation sites is 2. The van der Waals surface area contributed by atoms with E-state index in [0.717, 1.165) is 43.5 Å². The average Bonchev–Trinajstić information content (AvgIpc) is 3.16. The topological polar surface area (TPSA) is 55.2 Å². The van der Waals surface area contributed by atoms with Crippen molar-refractivity contribution < 1.29 is 9.59 Å². The van der Waals surface area contributed by atoms with E-state index >= 15 is 0 Å². The van der Waals surface area contributed by atoms with Crippen LogP contribution in [0.15, 0.2) is 54.9 Å². The van der Waals surface area contributed by atoms with Gasteiger partial charge in [-0.15, -0.1) is 0 Å². The number of Topliss-reactive ketones (excluding diaryl/α,β-unsaturated/α-hetero) is 1. The minimum absolute atomic E-state index is 0.0168. The van der Waals surface area contributed by atoms with Crippen LogP contribution in [-0.4, -0.2) is 39.2 Å². The first-order valence-corrected chi connectivity index (χ1v) is 10.4. The monoisotopic (exact) mass is 409 g/mol. The maximum absolute atomic E-state index is 12.5. The lowest BCUT2D eigenvalue weighted by Crippen LogP contribution is -2.39. The highest BCUT2D eigenvalue weighted by Crippen LogP contribution is 2.22. The summed E-state index contributed by atoms with van der Waals surface area (Å²) in [7, 11) is 0. The average molecular weight is 410 g/mol. The Balaban J connectivity index is 1.25. The maximum atomic E-state index is 12.5. The molecule has 1 saturated heterocycles. The zero-order valence-corrected chi connectivity index (χ0v) is 17.0. The van der Waals surface area contributed by atoms with Gasteiger partial charge < -0.3 is 9.47 Å². The molecule has 0 aliphatic carbocycles. The fourth-order valence-electron chi connectivity index (χ4n) is 3.96. The highest BCUT2D eigenvalue weighted by Gasteiger charge is 2.23. The van der Waals surface area contributed by atoms with Crippen molar-refractivity contribution in [1.29, 1.82) is 0 Å². The number of hydrogen-bond acceptors (Lipinski definition) is 3. The molecule has 3 aromatic rings. The van der Waals surface area contributed by atoms with Gasteiger partial charge in [0.25, 0.3) is 0 Å². The van der Waals surface area contributed by atoms with Gasteiger partial charge in [0, 0.05) is 43.1 Å². The molecule has 6 heteroatoms. The molecular formula is C23H24ClN3O2. The van der Waals surface area contributed by atoms with Crippen LogP contribution in [-0.2, 0) is 11.3 Å². The molecule has 0 atom stereocenters. The highest BCUT2D eigenvalue weighted by molar-refractivity contribution is 6.30. The predicted molar refractivity (Wildman–Crippen MR) is 114 cm³/mol. The van der Waals surface area contributed by atoms with E-state index < -0.39 is 0 Å². The van der Waals surface area contributed by atoms with Crippen LogP contribution in [0.1, 0.15) is 36.0 Å². The fourth-order valence-corrected chi connectivity index (χ4v) is 4.08. The van der Waals surface area contributed by atoms with Crippen LogP contribution in [0.4, 0.5) is 0 Å². The molecule has 0 bridgehead atoms. The zero-order valence-electron chi connectivity index (χ0n) is 16.3. The first-order chi connectivity index (χ1) is 14.1. The number of amides is 1. The Morgan fingerprint density at radius 2 is 1.72 bits per heavy atom. The van der Waals surface area contributed by atoms with E-state index in [1.54, 1.807) is 24.3 Å². The third-order valence-electron chi connectivity index (χ3n) is 5.68. The Morgan fingerprint density at radius 3 is 2.48 bits per heavy atom. The van der Waals surface area contributed by atoms with Gasteiger partial charge in [-0.25, -0.2) is 4.98 Å². The lowest BCUT2D eigenvalue weighted by Gasteiger charge is -2.32. The molecule has 1 aliphatic heterocycles. The van der Waals surface area contributed by atoms with Crippen molar-refractivity contribution in [3.63, 3.8) is 0 Å². The number of carbonyl (C=O) groups excluding carboxylic acids is 2. The molecule has 1 aliphatic rings. The van der Waals surface area contributed by atoms with Crippen LogP contribution in [0.25, 0.3) is 11.0 Å². The minimum Gasteiger partial charge on any atom is -0.343 e. The summed E-state index contributed by atoms with van der Waals surface area (Å²) in [4.78, 5) is 31.1. The van der Waals surface area contributed by atoms with Gasteiger partial charge in [0.05, 0.1) is 17.4 Å². The van der Waals surface area contributed by atoms with E-state index in [4.69, 9.17) is 11.6 Å². The number of likely N-dealkylation sites (tertiary alicyclic amines) is 1. The summed E-state index contributed by atoms with van der Waals surface area (Å²) in [6, 6.07) is 15.0. The van der Waals surface area contributed by atoms with Crippen molar-refractivity contribution in [1.82, 2.24) is 14.5 Å². The van der Waals surface area contributed by atoms with Gasteiger partial charge in [0.1, 0.15) is 0 Å². The van der Waals surface area contributed by atoms with Crippen LogP contribution in [0.3, 0.4) is 0 Å². The quantitative estimate of drug-likeness (QED) is 0.559. The Morgan fingerprint density at radius 1 is 1.00 bits per heavy atom. The predicted octanol–water partition coefficient (Wildman–Crippen LogP) is 4.59. The first kappa shape index (κ1) is 19.6. The lowest BCUT2D eigenvalue weighted by molar-refractivity contribution is -0.132. The Bertz CT molecular complexity index is 1000. The molecule has 1 amide bonds. The number of benzene rings is 2. The number of rotatable bonds is 6. The maximum Gasteiger partial charge on any atom is 0.223 e. The second-order valence-electron chi connectivity index (χ2n) is 7.64. The number of hydrogen-bond donors (Lipinski definition) is 0. The summed E-state index contributed by atoms with van der Waals surface area (Å²) < 4.78 is 2.21. The van der Waals surface area contributed by atoms with Crippen LogP contribution >= 0.6 is 11.6 Å². The van der Waals surface area contributed by atoms with Crippen molar-refractivity contribution >= 4 is 34.3 Å². The van der Waals surface area contributed by atoms with Crippen LogP contribution < -0.4 is 0 Å². The van der Waals surface area contributed by atoms with E-state index in [9.17, 15) is 9.59 Å². The Hall–Kier alpha value is -2.66. The van der Waals surface area contributed by atoms with E-state index in [-0.39, 0.29) is 24.5 Å². The molecule has 4 rings (SSSR count). The minimum atomic E-state index is -0.0168. The van der Waals surface area contributed by atoms with Crippen molar-refractivity contribution in [2.75, 3.05) is 13.1 Å². The van der Waals surface area contributed by atoms with Gasteiger partial charge in [-0.2, -0.15) is 0 Å². The molecule has 1 fully saturated rings. The summed E-state index contributed by atoms with van der Waals surface area (Å²) in [5.74, 6) is 0.586. The molecule has 2 heterocycles. The van der Waals surface area contributed by atoms with E-state index in [1.807, 2.05) is 29.4 Å².